The summed E-state index contributed by atoms with van der Waals surface area (Å²) in [6.07, 6.45) is 1.36. The lowest BCUT2D eigenvalue weighted by Crippen LogP contribution is -2.49. The van der Waals surface area contributed by atoms with Gasteiger partial charge in [0.25, 0.3) is 5.91 Å². The lowest BCUT2D eigenvalue weighted by molar-refractivity contribution is 0.0325. The number of carbonyl (C=O) groups excluding carboxylic acids is 1. The topological polar surface area (TPSA) is 65.9 Å². The summed E-state index contributed by atoms with van der Waals surface area (Å²) in [6.45, 7) is 5.31. The molecule has 0 bridgehead atoms. The smallest absolute Gasteiger partial charge is 0.259 e. The summed E-state index contributed by atoms with van der Waals surface area (Å²) in [5.41, 5.74) is 1.25. The van der Waals surface area contributed by atoms with Gasteiger partial charge in [-0.05, 0) is 53.7 Å². The van der Waals surface area contributed by atoms with Crippen molar-refractivity contribution in [2.24, 2.45) is 5.92 Å². The van der Waals surface area contributed by atoms with Crippen LogP contribution in [0.3, 0.4) is 0 Å². The van der Waals surface area contributed by atoms with E-state index in [1.807, 2.05) is 27.0 Å². The molecular weight excluding hydrogens is 453 g/mol. The first-order valence-electron chi connectivity index (χ1n) is 9.95. The molecule has 1 aliphatic rings. The number of hydrogen-bond donors (Lipinski definition) is 1. The highest BCUT2D eigenvalue weighted by molar-refractivity contribution is 9.10. The fourth-order valence-corrected chi connectivity index (χ4v) is 3.94. The molecule has 0 radical (unpaired) electrons. The lowest BCUT2D eigenvalue weighted by atomic mass is 10.00. The molecule has 162 valence electrons. The van der Waals surface area contributed by atoms with Crippen LogP contribution < -0.4 is 4.74 Å². The van der Waals surface area contributed by atoms with Gasteiger partial charge in [-0.25, -0.2) is 9.37 Å². The number of aromatic nitrogens is 1. The summed E-state index contributed by atoms with van der Waals surface area (Å²) < 4.78 is 20.4. The van der Waals surface area contributed by atoms with Gasteiger partial charge >= 0.3 is 0 Å². The van der Waals surface area contributed by atoms with Crippen molar-refractivity contribution >= 4 is 21.8 Å². The van der Waals surface area contributed by atoms with Crippen LogP contribution in [-0.2, 0) is 6.54 Å². The highest BCUT2D eigenvalue weighted by Crippen LogP contribution is 2.28. The minimum atomic E-state index is -0.324. The molecule has 8 heteroatoms. The molecule has 1 N–H and O–H groups in total. The zero-order valence-corrected chi connectivity index (χ0v) is 19.0. The third kappa shape index (κ3) is 5.36. The number of aliphatic hydroxyl groups is 1. The zero-order chi connectivity index (χ0) is 21.8. The third-order valence-corrected chi connectivity index (χ3v) is 5.75. The Morgan fingerprint density at radius 3 is 2.90 bits per heavy atom. The van der Waals surface area contributed by atoms with Gasteiger partial charge in [0.2, 0.25) is 5.88 Å². The van der Waals surface area contributed by atoms with Gasteiger partial charge in [0.1, 0.15) is 17.5 Å². The maximum Gasteiger partial charge on any atom is 0.259 e. The molecule has 2 aromatic rings. The number of ether oxygens (including phenoxy) is 1. The predicted octanol–water partition coefficient (Wildman–Crippen LogP) is 3.34. The molecule has 1 amide bonds. The van der Waals surface area contributed by atoms with E-state index < -0.39 is 0 Å². The average molecular weight is 480 g/mol. The van der Waals surface area contributed by atoms with Crippen LogP contribution in [0.15, 0.2) is 41.0 Å². The SMILES string of the molecule is C[C@H]1CN([C@@H](C)CO)C(=O)c2cc(Br)cnc2O[C@H]1CN(C)Cc1cccc(F)c1. The van der Waals surface area contributed by atoms with E-state index in [1.54, 1.807) is 23.2 Å². The fraction of sp³-hybridized carbons (Fsp3) is 0.455. The molecule has 1 aliphatic heterocycles. The number of halogens is 2. The molecule has 1 aromatic carbocycles. The zero-order valence-electron chi connectivity index (χ0n) is 17.4. The summed E-state index contributed by atoms with van der Waals surface area (Å²) in [7, 11) is 1.95. The minimum absolute atomic E-state index is 0.00323. The summed E-state index contributed by atoms with van der Waals surface area (Å²) in [4.78, 5) is 21.2. The molecule has 3 rings (SSSR count). The molecule has 6 nitrogen and oxygen atoms in total. The summed E-state index contributed by atoms with van der Waals surface area (Å²) in [6, 6.07) is 7.92. The highest BCUT2D eigenvalue weighted by atomic mass is 79.9. The molecule has 1 aromatic heterocycles. The maximum absolute atomic E-state index is 13.5. The number of likely N-dealkylation sites (N-methyl/N-ethyl adjacent to an activating group) is 1. The molecule has 0 spiro atoms. The van der Waals surface area contributed by atoms with Gasteiger partial charge in [-0.2, -0.15) is 0 Å². The van der Waals surface area contributed by atoms with Crippen LogP contribution in [0.2, 0.25) is 0 Å². The molecule has 0 aliphatic carbocycles. The number of rotatable bonds is 6. The standard InChI is InChI=1S/C22H27BrFN3O3/c1-14-10-27(15(2)13-28)22(29)19-8-17(23)9-25-21(19)30-20(14)12-26(3)11-16-5-4-6-18(24)7-16/h4-9,14-15,20,28H,10-13H2,1-3H3/t14-,15-,20-/m0/s1. The molecular formula is C22H27BrFN3O3. The van der Waals surface area contributed by atoms with Crippen LogP contribution in [0.5, 0.6) is 5.88 Å². The van der Waals surface area contributed by atoms with Crippen molar-refractivity contribution < 1.29 is 19.0 Å². The predicted molar refractivity (Wildman–Crippen MR) is 116 cm³/mol. The summed E-state index contributed by atoms with van der Waals surface area (Å²) in [5.74, 6) is -0.184. The van der Waals surface area contributed by atoms with Crippen LogP contribution in [0.25, 0.3) is 0 Å². The van der Waals surface area contributed by atoms with Crippen molar-refractivity contribution in [3.05, 3.63) is 57.9 Å². The van der Waals surface area contributed by atoms with E-state index in [1.165, 1.54) is 12.1 Å². The molecule has 3 atom stereocenters. The number of fused-ring (bicyclic) bond motifs is 1. The lowest BCUT2D eigenvalue weighted by Gasteiger charge is -2.37. The van der Waals surface area contributed by atoms with Gasteiger partial charge in [-0.15, -0.1) is 0 Å². The number of nitrogens with zero attached hydrogens (tertiary/aromatic N) is 3. The van der Waals surface area contributed by atoms with Crippen molar-refractivity contribution in [2.75, 3.05) is 26.7 Å². The Morgan fingerprint density at radius 2 is 2.20 bits per heavy atom. The molecule has 2 heterocycles. The van der Waals surface area contributed by atoms with Gasteiger partial charge in [-0.1, -0.05) is 19.1 Å². The normalized spacial score (nSPS) is 20.4. The largest absolute Gasteiger partial charge is 0.472 e. The Bertz CT molecular complexity index is 898. The van der Waals surface area contributed by atoms with Crippen molar-refractivity contribution in [2.45, 2.75) is 32.5 Å². The number of carbonyl (C=O) groups is 1. The van der Waals surface area contributed by atoms with E-state index in [2.05, 4.69) is 25.8 Å². The van der Waals surface area contributed by atoms with Crippen molar-refractivity contribution in [3.8, 4) is 5.88 Å². The minimum Gasteiger partial charge on any atom is -0.472 e. The second-order valence-electron chi connectivity index (χ2n) is 7.96. The number of pyridine rings is 1. The van der Waals surface area contributed by atoms with E-state index in [0.717, 1.165) is 5.56 Å². The monoisotopic (exact) mass is 479 g/mol. The Hall–Kier alpha value is -2.03. The summed E-state index contributed by atoms with van der Waals surface area (Å²) in [5, 5.41) is 9.66. The second kappa shape index (κ2) is 9.85. The number of aliphatic hydroxyl groups excluding tert-OH is 1. The quantitative estimate of drug-likeness (QED) is 0.688. The second-order valence-corrected chi connectivity index (χ2v) is 8.87. The van der Waals surface area contributed by atoms with Crippen molar-refractivity contribution in [3.63, 3.8) is 0 Å². The average Bonchev–Trinajstić information content (AvgIpc) is 2.70. The number of benzene rings is 1. The van der Waals surface area contributed by atoms with Crippen molar-refractivity contribution in [1.82, 2.24) is 14.8 Å². The number of hydrogen-bond acceptors (Lipinski definition) is 5. The van der Waals surface area contributed by atoms with Crippen molar-refractivity contribution in [1.29, 1.82) is 0 Å². The number of amides is 1. The van der Waals surface area contributed by atoms with Gasteiger partial charge < -0.3 is 14.7 Å². The Balaban J connectivity index is 1.85. The van der Waals surface area contributed by atoms with Crippen LogP contribution in [-0.4, -0.2) is 64.7 Å². The molecule has 30 heavy (non-hydrogen) atoms. The molecule has 0 saturated carbocycles. The Morgan fingerprint density at radius 1 is 1.43 bits per heavy atom. The Kier molecular flexibility index (Phi) is 7.44. The van der Waals surface area contributed by atoms with Gasteiger partial charge in [0.15, 0.2) is 0 Å². The maximum atomic E-state index is 13.5. The van der Waals surface area contributed by atoms with E-state index >= 15 is 0 Å². The van der Waals surface area contributed by atoms with Gasteiger partial charge in [-0.3, -0.25) is 9.69 Å². The first-order valence-corrected chi connectivity index (χ1v) is 10.7. The van der Waals surface area contributed by atoms with Gasteiger partial charge in [0, 0.05) is 36.2 Å². The van der Waals surface area contributed by atoms with E-state index in [0.29, 0.717) is 29.7 Å². The highest BCUT2D eigenvalue weighted by Gasteiger charge is 2.34. The van der Waals surface area contributed by atoms with Crippen LogP contribution in [0, 0.1) is 11.7 Å². The molecule has 0 fully saturated rings. The van der Waals surface area contributed by atoms with Crippen LogP contribution >= 0.6 is 15.9 Å². The fourth-order valence-electron chi connectivity index (χ4n) is 3.61. The first kappa shape index (κ1) is 22.7. The van der Waals surface area contributed by atoms with E-state index in [9.17, 15) is 14.3 Å². The molecule has 0 unspecified atom stereocenters. The summed E-state index contributed by atoms with van der Waals surface area (Å²) >= 11 is 3.37. The van der Waals surface area contributed by atoms with Crippen LogP contribution in [0.1, 0.15) is 29.8 Å². The van der Waals surface area contributed by atoms with E-state index in [-0.39, 0.29) is 42.3 Å². The van der Waals surface area contributed by atoms with Crippen LogP contribution in [0.4, 0.5) is 4.39 Å². The van der Waals surface area contributed by atoms with E-state index in [4.69, 9.17) is 4.74 Å². The first-order chi connectivity index (χ1) is 14.3. The molecule has 0 saturated heterocycles. The third-order valence-electron chi connectivity index (χ3n) is 5.32. The van der Waals surface area contributed by atoms with Gasteiger partial charge in [0.05, 0.1) is 12.6 Å². The Labute approximate surface area is 184 Å².